The summed E-state index contributed by atoms with van der Waals surface area (Å²) in [4.78, 5) is 4.42. The summed E-state index contributed by atoms with van der Waals surface area (Å²) < 4.78 is 25.5. The first kappa shape index (κ1) is 14.3. The molecule has 21 heavy (non-hydrogen) atoms. The number of aromatic nitrogens is 2. The molecule has 1 fully saturated rings. The number of nitrogens with zero attached hydrogens (tertiary/aromatic N) is 2. The molecule has 1 heterocycles. The molecule has 2 aromatic rings. The summed E-state index contributed by atoms with van der Waals surface area (Å²) in [5, 5.41) is 10.2. The Labute approximate surface area is 123 Å². The summed E-state index contributed by atoms with van der Waals surface area (Å²) in [6, 6.07) is 4.88. The number of sulfone groups is 1. The third-order valence-corrected chi connectivity index (χ3v) is 5.26. The number of fused-ring (bicyclic) bond motifs is 1. The fourth-order valence-corrected chi connectivity index (χ4v) is 3.98. The number of nitrogens with two attached hydrogens (primary N) is 1. The zero-order valence-corrected chi connectivity index (χ0v) is 12.7. The van der Waals surface area contributed by atoms with Crippen LogP contribution in [0.3, 0.4) is 0 Å². The van der Waals surface area contributed by atoms with E-state index >= 15 is 0 Å². The van der Waals surface area contributed by atoms with E-state index in [1.807, 2.05) is 0 Å². The molecule has 0 spiro atoms. The standard InChI is InChI=1S/C14H19N3O3S/c1-21(19,20)12-8-4-6-10-13(12)16-14(15)17(10)9-5-2-3-7-11(9)18/h4,6,8-9,11,18H,2-3,5,7H2,1H3,(H2,15,16). The molecule has 1 aromatic carbocycles. The molecule has 0 aliphatic heterocycles. The number of hydrogen-bond donors (Lipinski definition) is 2. The van der Waals surface area contributed by atoms with E-state index in [-0.39, 0.29) is 16.9 Å². The van der Waals surface area contributed by atoms with Gasteiger partial charge in [0.25, 0.3) is 0 Å². The molecule has 2 atom stereocenters. The van der Waals surface area contributed by atoms with Crippen LogP contribution in [0, 0.1) is 0 Å². The Morgan fingerprint density at radius 3 is 2.71 bits per heavy atom. The third-order valence-electron chi connectivity index (χ3n) is 4.14. The smallest absolute Gasteiger partial charge is 0.201 e. The van der Waals surface area contributed by atoms with Gasteiger partial charge in [-0.25, -0.2) is 13.4 Å². The maximum absolute atomic E-state index is 11.9. The number of aliphatic hydroxyl groups is 1. The Bertz CT molecular complexity index is 782. The van der Waals surface area contributed by atoms with Gasteiger partial charge in [-0.05, 0) is 25.0 Å². The van der Waals surface area contributed by atoms with Crippen LogP contribution in [0.2, 0.25) is 0 Å². The van der Waals surface area contributed by atoms with Crippen molar-refractivity contribution in [2.75, 3.05) is 12.0 Å². The molecule has 114 valence electrons. The second-order valence-corrected chi connectivity index (χ2v) is 7.64. The third kappa shape index (κ3) is 2.40. The maximum Gasteiger partial charge on any atom is 0.201 e. The first-order valence-electron chi connectivity index (χ1n) is 7.04. The van der Waals surface area contributed by atoms with Crippen LogP contribution in [0.4, 0.5) is 5.95 Å². The highest BCUT2D eigenvalue weighted by atomic mass is 32.2. The number of hydrogen-bond acceptors (Lipinski definition) is 5. The van der Waals surface area contributed by atoms with Crippen molar-refractivity contribution in [3.8, 4) is 0 Å². The monoisotopic (exact) mass is 309 g/mol. The van der Waals surface area contributed by atoms with E-state index in [2.05, 4.69) is 4.98 Å². The van der Waals surface area contributed by atoms with Crippen LogP contribution >= 0.6 is 0 Å². The number of imidazole rings is 1. The first-order chi connectivity index (χ1) is 9.89. The number of anilines is 1. The summed E-state index contributed by atoms with van der Waals surface area (Å²) in [6.07, 6.45) is 4.26. The molecular formula is C14H19N3O3S. The van der Waals surface area contributed by atoms with Crippen molar-refractivity contribution < 1.29 is 13.5 Å². The normalized spacial score (nSPS) is 23.5. The Morgan fingerprint density at radius 1 is 1.33 bits per heavy atom. The molecule has 0 saturated heterocycles. The van der Waals surface area contributed by atoms with Gasteiger partial charge < -0.3 is 15.4 Å². The van der Waals surface area contributed by atoms with Gasteiger partial charge in [-0.3, -0.25) is 0 Å². The first-order valence-corrected chi connectivity index (χ1v) is 8.93. The zero-order valence-electron chi connectivity index (χ0n) is 11.9. The average Bonchev–Trinajstić information content (AvgIpc) is 2.74. The van der Waals surface area contributed by atoms with E-state index in [1.165, 1.54) is 6.07 Å². The van der Waals surface area contributed by atoms with E-state index in [0.29, 0.717) is 11.0 Å². The molecule has 3 rings (SSSR count). The highest BCUT2D eigenvalue weighted by Crippen LogP contribution is 2.35. The molecule has 2 unspecified atom stereocenters. The van der Waals surface area contributed by atoms with Gasteiger partial charge in [0.2, 0.25) is 5.95 Å². The minimum absolute atomic E-state index is 0.140. The van der Waals surface area contributed by atoms with Gasteiger partial charge in [0.15, 0.2) is 9.84 Å². The van der Waals surface area contributed by atoms with Crippen molar-refractivity contribution in [1.29, 1.82) is 0 Å². The minimum Gasteiger partial charge on any atom is -0.391 e. The zero-order chi connectivity index (χ0) is 15.2. The predicted octanol–water partition coefficient (Wildman–Crippen LogP) is 1.50. The Balaban J connectivity index is 2.23. The van der Waals surface area contributed by atoms with Gasteiger partial charge >= 0.3 is 0 Å². The van der Waals surface area contributed by atoms with E-state index in [4.69, 9.17) is 5.73 Å². The van der Waals surface area contributed by atoms with Gasteiger partial charge in [-0.2, -0.15) is 0 Å². The van der Waals surface area contributed by atoms with Crippen molar-refractivity contribution >= 4 is 26.8 Å². The summed E-state index contributed by atoms with van der Waals surface area (Å²) in [5.41, 5.74) is 7.06. The predicted molar refractivity (Wildman–Crippen MR) is 80.8 cm³/mol. The van der Waals surface area contributed by atoms with E-state index in [9.17, 15) is 13.5 Å². The van der Waals surface area contributed by atoms with Crippen molar-refractivity contribution in [1.82, 2.24) is 9.55 Å². The van der Waals surface area contributed by atoms with E-state index in [0.717, 1.165) is 31.9 Å². The number of aliphatic hydroxyl groups excluding tert-OH is 1. The molecule has 1 aromatic heterocycles. The molecule has 0 radical (unpaired) electrons. The quantitative estimate of drug-likeness (QED) is 0.876. The molecule has 3 N–H and O–H groups in total. The van der Waals surface area contributed by atoms with Gasteiger partial charge in [0.05, 0.1) is 22.6 Å². The van der Waals surface area contributed by atoms with Gasteiger partial charge in [-0.1, -0.05) is 18.9 Å². The Kier molecular flexibility index (Phi) is 3.41. The maximum atomic E-state index is 11.9. The van der Waals surface area contributed by atoms with Crippen molar-refractivity contribution in [3.05, 3.63) is 18.2 Å². The van der Waals surface area contributed by atoms with Crippen LogP contribution in [0.25, 0.3) is 11.0 Å². The molecular weight excluding hydrogens is 290 g/mol. The lowest BCUT2D eigenvalue weighted by atomic mass is 9.92. The molecule has 0 amide bonds. The largest absolute Gasteiger partial charge is 0.391 e. The minimum atomic E-state index is -3.37. The average molecular weight is 309 g/mol. The highest BCUT2D eigenvalue weighted by molar-refractivity contribution is 7.91. The lowest BCUT2D eigenvalue weighted by Gasteiger charge is -2.29. The number of rotatable bonds is 2. The van der Waals surface area contributed by atoms with Crippen LogP contribution in [0.15, 0.2) is 23.1 Å². The number of para-hydroxylation sites is 1. The molecule has 1 saturated carbocycles. The topological polar surface area (TPSA) is 98.2 Å². The lowest BCUT2D eigenvalue weighted by molar-refractivity contribution is 0.0783. The number of benzene rings is 1. The SMILES string of the molecule is CS(=O)(=O)c1cccc2c1nc(N)n2C1CCCCC1O. The molecule has 1 aliphatic rings. The Hall–Kier alpha value is -1.60. The number of nitrogen functional groups attached to an aromatic ring is 1. The molecule has 1 aliphatic carbocycles. The molecule has 7 heteroatoms. The summed E-state index contributed by atoms with van der Waals surface area (Å²) in [6.45, 7) is 0. The van der Waals surface area contributed by atoms with Gasteiger partial charge in [0.1, 0.15) is 5.52 Å². The van der Waals surface area contributed by atoms with E-state index < -0.39 is 15.9 Å². The van der Waals surface area contributed by atoms with Crippen molar-refractivity contribution in [2.24, 2.45) is 0 Å². The fraction of sp³-hybridized carbons (Fsp3) is 0.500. The summed E-state index contributed by atoms with van der Waals surface area (Å²) in [7, 11) is -3.37. The second kappa shape index (κ2) is 4.99. The summed E-state index contributed by atoms with van der Waals surface area (Å²) >= 11 is 0. The Morgan fingerprint density at radius 2 is 2.05 bits per heavy atom. The fourth-order valence-electron chi connectivity index (χ4n) is 3.15. The van der Waals surface area contributed by atoms with Crippen LogP contribution in [-0.4, -0.2) is 35.4 Å². The van der Waals surface area contributed by atoms with Gasteiger partial charge in [0, 0.05) is 6.26 Å². The highest BCUT2D eigenvalue weighted by Gasteiger charge is 2.28. The second-order valence-electron chi connectivity index (χ2n) is 5.66. The molecule has 0 bridgehead atoms. The summed E-state index contributed by atoms with van der Waals surface area (Å²) in [5.74, 6) is 0.257. The van der Waals surface area contributed by atoms with Crippen LogP contribution in [0.1, 0.15) is 31.7 Å². The van der Waals surface area contributed by atoms with Crippen molar-refractivity contribution in [2.45, 2.75) is 42.7 Å². The van der Waals surface area contributed by atoms with Crippen molar-refractivity contribution in [3.63, 3.8) is 0 Å². The lowest BCUT2D eigenvalue weighted by Crippen LogP contribution is -2.28. The van der Waals surface area contributed by atoms with E-state index in [1.54, 1.807) is 16.7 Å². The van der Waals surface area contributed by atoms with Crippen LogP contribution in [-0.2, 0) is 9.84 Å². The molecule has 6 nitrogen and oxygen atoms in total. The van der Waals surface area contributed by atoms with Crippen LogP contribution < -0.4 is 5.73 Å². The van der Waals surface area contributed by atoms with Crippen LogP contribution in [0.5, 0.6) is 0 Å². The van der Waals surface area contributed by atoms with Gasteiger partial charge in [-0.15, -0.1) is 0 Å².